The van der Waals surface area contributed by atoms with E-state index >= 15 is 0 Å². The van der Waals surface area contributed by atoms with Crippen molar-refractivity contribution in [3.63, 3.8) is 0 Å². The maximum Gasteiger partial charge on any atom is 0.231 e. The third kappa shape index (κ3) is 2.97. The molecule has 1 unspecified atom stereocenters. The lowest BCUT2D eigenvalue weighted by atomic mass is 9.90. The predicted octanol–water partition coefficient (Wildman–Crippen LogP) is 3.09. The second-order valence-corrected chi connectivity index (χ2v) is 7.93. The highest BCUT2D eigenvalue weighted by atomic mass is 32.2. The van der Waals surface area contributed by atoms with Crippen molar-refractivity contribution in [2.75, 3.05) is 5.75 Å². The molecule has 0 fully saturated rings. The molecule has 2 aromatic heterocycles. The standard InChI is InChI=1S/C16H17N5OS2/c1-10(2)16(3,9-17)18-13(22)8-23-14-19-20-15-21(14)11-6-4-5-7-12(11)24-15/h4-7,10H,8H2,1-3H3,(H,18,22). The summed E-state index contributed by atoms with van der Waals surface area (Å²) in [4.78, 5) is 13.0. The Bertz CT molecular complexity index is 939. The number of nitrogens with one attached hydrogen (secondary N) is 1. The minimum Gasteiger partial charge on any atom is -0.337 e. The third-order valence-electron chi connectivity index (χ3n) is 4.03. The number of nitrogens with zero attached hydrogens (tertiary/aromatic N) is 4. The van der Waals surface area contributed by atoms with Gasteiger partial charge in [-0.25, -0.2) is 0 Å². The van der Waals surface area contributed by atoms with Gasteiger partial charge in [0.15, 0.2) is 5.16 Å². The Morgan fingerprint density at radius 2 is 2.21 bits per heavy atom. The summed E-state index contributed by atoms with van der Waals surface area (Å²) in [6, 6.07) is 10.2. The minimum absolute atomic E-state index is 0.0251. The molecule has 0 radical (unpaired) electrons. The van der Waals surface area contributed by atoms with Gasteiger partial charge >= 0.3 is 0 Å². The number of hydrogen-bond acceptors (Lipinski definition) is 6. The van der Waals surface area contributed by atoms with Gasteiger partial charge in [0.1, 0.15) is 5.54 Å². The highest BCUT2D eigenvalue weighted by molar-refractivity contribution is 7.99. The number of thioether (sulfide) groups is 1. The average Bonchev–Trinajstić information content (AvgIpc) is 3.11. The molecule has 2 heterocycles. The van der Waals surface area contributed by atoms with Crippen LogP contribution in [0.1, 0.15) is 20.8 Å². The summed E-state index contributed by atoms with van der Waals surface area (Å²) in [5.41, 5.74) is 0.168. The van der Waals surface area contributed by atoms with Gasteiger partial charge in [-0.2, -0.15) is 5.26 Å². The molecular weight excluding hydrogens is 342 g/mol. The molecule has 0 bridgehead atoms. The first-order valence-corrected chi connectivity index (χ1v) is 9.32. The fourth-order valence-electron chi connectivity index (χ4n) is 2.21. The second-order valence-electron chi connectivity index (χ2n) is 5.98. The molecule has 3 aromatic rings. The Morgan fingerprint density at radius 3 is 2.92 bits per heavy atom. The van der Waals surface area contributed by atoms with Crippen molar-refractivity contribution in [3.05, 3.63) is 24.3 Å². The Hall–Kier alpha value is -2.11. The average molecular weight is 359 g/mol. The van der Waals surface area contributed by atoms with Gasteiger partial charge in [-0.1, -0.05) is 49.1 Å². The number of amides is 1. The first-order chi connectivity index (χ1) is 11.4. The number of carbonyl (C=O) groups is 1. The number of carbonyl (C=O) groups excluding carboxylic acids is 1. The lowest BCUT2D eigenvalue weighted by molar-refractivity contribution is -0.120. The van der Waals surface area contributed by atoms with Crippen LogP contribution in [0.4, 0.5) is 0 Å². The molecule has 3 rings (SSSR count). The van der Waals surface area contributed by atoms with Crippen molar-refractivity contribution in [3.8, 4) is 6.07 Å². The van der Waals surface area contributed by atoms with Crippen LogP contribution in [0.3, 0.4) is 0 Å². The number of aromatic nitrogens is 3. The molecule has 0 aliphatic carbocycles. The number of benzene rings is 1. The summed E-state index contributed by atoms with van der Waals surface area (Å²) in [7, 11) is 0. The summed E-state index contributed by atoms with van der Waals surface area (Å²) in [6.07, 6.45) is 0. The topological polar surface area (TPSA) is 83.1 Å². The van der Waals surface area contributed by atoms with E-state index in [0.29, 0.717) is 5.16 Å². The first-order valence-electron chi connectivity index (χ1n) is 7.52. The van der Waals surface area contributed by atoms with E-state index in [4.69, 9.17) is 0 Å². The van der Waals surface area contributed by atoms with Gasteiger partial charge in [-0.3, -0.25) is 9.20 Å². The summed E-state index contributed by atoms with van der Waals surface area (Å²) >= 11 is 2.89. The quantitative estimate of drug-likeness (QED) is 0.708. The predicted molar refractivity (Wildman–Crippen MR) is 96.1 cm³/mol. The highest BCUT2D eigenvalue weighted by Gasteiger charge is 2.30. The number of fused-ring (bicyclic) bond motifs is 3. The molecule has 124 valence electrons. The molecule has 8 heteroatoms. The lowest BCUT2D eigenvalue weighted by Gasteiger charge is -2.27. The molecule has 0 spiro atoms. The molecule has 0 aliphatic rings. The van der Waals surface area contributed by atoms with Crippen molar-refractivity contribution >= 4 is 44.2 Å². The summed E-state index contributed by atoms with van der Waals surface area (Å²) in [5, 5.41) is 21.1. The van der Waals surface area contributed by atoms with Crippen LogP contribution in [-0.4, -0.2) is 31.8 Å². The summed E-state index contributed by atoms with van der Waals surface area (Å²) < 4.78 is 3.09. The Labute approximate surface area is 147 Å². The first kappa shape index (κ1) is 16.7. The van der Waals surface area contributed by atoms with Crippen molar-refractivity contribution in [2.24, 2.45) is 5.92 Å². The van der Waals surface area contributed by atoms with E-state index in [-0.39, 0.29) is 17.6 Å². The minimum atomic E-state index is -0.868. The largest absolute Gasteiger partial charge is 0.337 e. The van der Waals surface area contributed by atoms with Crippen molar-refractivity contribution in [1.82, 2.24) is 19.9 Å². The van der Waals surface area contributed by atoms with Gasteiger partial charge in [0.25, 0.3) is 0 Å². The van der Waals surface area contributed by atoms with Gasteiger partial charge in [-0.05, 0) is 25.0 Å². The fraction of sp³-hybridized carbons (Fsp3) is 0.375. The molecule has 1 aromatic carbocycles. The van der Waals surface area contributed by atoms with Gasteiger partial charge in [0, 0.05) is 0 Å². The third-order valence-corrected chi connectivity index (χ3v) is 5.97. The van der Waals surface area contributed by atoms with Gasteiger partial charge in [0.05, 0.1) is 22.0 Å². The normalized spacial score (nSPS) is 14.0. The maximum absolute atomic E-state index is 12.2. The van der Waals surface area contributed by atoms with Crippen LogP contribution in [-0.2, 0) is 4.79 Å². The van der Waals surface area contributed by atoms with Crippen molar-refractivity contribution in [1.29, 1.82) is 5.26 Å². The molecule has 1 N–H and O–H groups in total. The van der Waals surface area contributed by atoms with Gasteiger partial charge in [-0.15, -0.1) is 10.2 Å². The van der Waals surface area contributed by atoms with Crippen molar-refractivity contribution < 1.29 is 4.79 Å². The highest BCUT2D eigenvalue weighted by Crippen LogP contribution is 2.29. The monoisotopic (exact) mass is 359 g/mol. The van der Waals surface area contributed by atoms with Crippen LogP contribution < -0.4 is 5.32 Å². The molecule has 0 aliphatic heterocycles. The summed E-state index contributed by atoms with van der Waals surface area (Å²) in [5.74, 6) is 0.0284. The van der Waals surface area contributed by atoms with Crippen LogP contribution in [0, 0.1) is 17.2 Å². The fourth-order valence-corrected chi connectivity index (χ4v) is 3.97. The van der Waals surface area contributed by atoms with E-state index in [1.807, 2.05) is 42.5 Å². The molecule has 6 nitrogen and oxygen atoms in total. The van der Waals surface area contributed by atoms with Crippen LogP contribution in [0.15, 0.2) is 29.4 Å². The number of nitriles is 1. The molecule has 1 amide bonds. The second kappa shape index (κ2) is 6.42. The number of hydrogen-bond donors (Lipinski definition) is 1. The lowest BCUT2D eigenvalue weighted by Crippen LogP contribution is -2.49. The Balaban J connectivity index is 1.77. The van der Waals surface area contributed by atoms with E-state index in [9.17, 15) is 10.1 Å². The zero-order valence-electron chi connectivity index (χ0n) is 13.6. The van der Waals surface area contributed by atoms with Gasteiger partial charge < -0.3 is 5.32 Å². The van der Waals surface area contributed by atoms with Crippen molar-refractivity contribution in [2.45, 2.75) is 31.5 Å². The zero-order valence-corrected chi connectivity index (χ0v) is 15.2. The number of thiazole rings is 1. The smallest absolute Gasteiger partial charge is 0.231 e. The van der Waals surface area contributed by atoms with Crippen LogP contribution in [0.25, 0.3) is 15.2 Å². The maximum atomic E-state index is 12.2. The molecule has 1 atom stereocenters. The van der Waals surface area contributed by atoms with E-state index < -0.39 is 5.54 Å². The number of para-hydroxylation sites is 1. The molecule has 0 saturated carbocycles. The Kier molecular flexibility index (Phi) is 4.47. The molecular formula is C16H17N5OS2. The zero-order chi connectivity index (χ0) is 17.3. The van der Waals surface area contributed by atoms with E-state index in [2.05, 4.69) is 21.6 Å². The van der Waals surface area contributed by atoms with Gasteiger partial charge in [0.2, 0.25) is 10.9 Å². The van der Waals surface area contributed by atoms with Crippen LogP contribution in [0.2, 0.25) is 0 Å². The summed E-state index contributed by atoms with van der Waals surface area (Å²) in [6.45, 7) is 5.56. The van der Waals surface area contributed by atoms with Crippen LogP contribution >= 0.6 is 23.1 Å². The van der Waals surface area contributed by atoms with E-state index in [1.54, 1.807) is 18.3 Å². The van der Waals surface area contributed by atoms with E-state index in [0.717, 1.165) is 15.2 Å². The SMILES string of the molecule is CC(C)C(C)(C#N)NC(=O)CSc1nnc2sc3ccccc3n12. The Morgan fingerprint density at radius 1 is 1.46 bits per heavy atom. The van der Waals surface area contributed by atoms with E-state index in [1.165, 1.54) is 11.8 Å². The molecule has 0 saturated heterocycles. The van der Waals surface area contributed by atoms with Crippen LogP contribution in [0.5, 0.6) is 0 Å². The molecule has 24 heavy (non-hydrogen) atoms. The number of rotatable bonds is 5.